The van der Waals surface area contributed by atoms with Crippen molar-refractivity contribution < 1.29 is 4.92 Å². The van der Waals surface area contributed by atoms with Crippen LogP contribution in [0.1, 0.15) is 5.01 Å². The molecule has 0 radical (unpaired) electrons. The smallest absolute Gasteiger partial charge is 0.258 e. The van der Waals surface area contributed by atoms with Gasteiger partial charge in [-0.1, -0.05) is 22.9 Å². The lowest BCUT2D eigenvalue weighted by Gasteiger charge is -1.93. The highest BCUT2D eigenvalue weighted by Crippen LogP contribution is 2.33. The maximum absolute atomic E-state index is 10.7. The molecule has 5 nitrogen and oxygen atoms in total. The van der Waals surface area contributed by atoms with Crippen LogP contribution in [0.3, 0.4) is 0 Å². The van der Waals surface area contributed by atoms with E-state index < -0.39 is 4.92 Å². The normalized spacial score (nSPS) is 10.1. The van der Waals surface area contributed by atoms with Crippen LogP contribution in [-0.4, -0.2) is 9.91 Å². The number of nitro benzene ring substituents is 1. The molecule has 74 valence electrons. The number of nitriles is 1. The molecule has 0 unspecified atom stereocenters. The number of thiazole rings is 1. The summed E-state index contributed by atoms with van der Waals surface area (Å²) in [5, 5.41) is 19.8. The number of halogens is 1. The van der Waals surface area contributed by atoms with Crippen LogP contribution in [0.15, 0.2) is 12.1 Å². The van der Waals surface area contributed by atoms with Crippen molar-refractivity contribution >= 4 is 38.8 Å². The standard InChI is InChI=1S/C8H2ClN3O2S/c9-4-1-5-8(6(2-4)12(13)14)15-7(3-10)11-5/h1-2H. The third kappa shape index (κ3) is 1.63. The van der Waals surface area contributed by atoms with E-state index in [1.807, 2.05) is 6.07 Å². The number of aromatic nitrogens is 1. The molecule has 0 spiro atoms. The van der Waals surface area contributed by atoms with Gasteiger partial charge in [-0.05, 0) is 6.07 Å². The van der Waals surface area contributed by atoms with E-state index in [-0.39, 0.29) is 15.7 Å². The number of nitro groups is 1. The van der Waals surface area contributed by atoms with Crippen LogP contribution in [0.25, 0.3) is 10.2 Å². The molecular weight excluding hydrogens is 238 g/mol. The molecule has 1 aromatic carbocycles. The highest BCUT2D eigenvalue weighted by molar-refractivity contribution is 7.19. The molecule has 0 amide bonds. The van der Waals surface area contributed by atoms with E-state index in [9.17, 15) is 10.1 Å². The molecule has 0 saturated carbocycles. The van der Waals surface area contributed by atoms with Crippen molar-refractivity contribution in [3.63, 3.8) is 0 Å². The molecule has 0 aliphatic heterocycles. The third-order valence-electron chi connectivity index (χ3n) is 1.73. The van der Waals surface area contributed by atoms with Crippen molar-refractivity contribution in [3.8, 4) is 6.07 Å². The molecule has 1 aromatic heterocycles. The number of non-ortho nitro benzene ring substituents is 1. The van der Waals surface area contributed by atoms with E-state index in [1.54, 1.807) is 0 Å². The van der Waals surface area contributed by atoms with Gasteiger partial charge < -0.3 is 0 Å². The Kier molecular flexibility index (Phi) is 2.26. The van der Waals surface area contributed by atoms with Gasteiger partial charge in [0, 0.05) is 11.1 Å². The Morgan fingerprint density at radius 3 is 2.93 bits per heavy atom. The summed E-state index contributed by atoms with van der Waals surface area (Å²) in [6.45, 7) is 0. The lowest BCUT2D eigenvalue weighted by Crippen LogP contribution is -1.87. The Bertz CT molecular complexity index is 602. The minimum absolute atomic E-state index is 0.114. The number of benzene rings is 1. The van der Waals surface area contributed by atoms with Crippen molar-refractivity contribution in [2.45, 2.75) is 0 Å². The summed E-state index contributed by atoms with van der Waals surface area (Å²) in [6, 6.07) is 4.60. The molecule has 2 rings (SSSR count). The summed E-state index contributed by atoms with van der Waals surface area (Å²) in [7, 11) is 0. The average Bonchev–Trinajstić information content (AvgIpc) is 2.58. The average molecular weight is 240 g/mol. The summed E-state index contributed by atoms with van der Waals surface area (Å²) >= 11 is 6.69. The molecule has 0 saturated heterocycles. The summed E-state index contributed by atoms with van der Waals surface area (Å²) in [5.41, 5.74) is 0.271. The fraction of sp³-hybridized carbons (Fsp3) is 0. The lowest BCUT2D eigenvalue weighted by molar-refractivity contribution is -0.382. The summed E-state index contributed by atoms with van der Waals surface area (Å²) in [6.07, 6.45) is 0. The van der Waals surface area contributed by atoms with E-state index in [0.29, 0.717) is 10.2 Å². The van der Waals surface area contributed by atoms with Crippen molar-refractivity contribution in [3.05, 3.63) is 32.3 Å². The molecule has 1 heterocycles. The molecule has 0 atom stereocenters. The van der Waals surface area contributed by atoms with Crippen LogP contribution in [0.5, 0.6) is 0 Å². The van der Waals surface area contributed by atoms with E-state index in [1.165, 1.54) is 12.1 Å². The summed E-state index contributed by atoms with van der Waals surface area (Å²) in [4.78, 5) is 14.1. The first-order valence-electron chi connectivity index (χ1n) is 3.76. The molecule has 0 aliphatic rings. The zero-order valence-electron chi connectivity index (χ0n) is 7.10. The highest BCUT2D eigenvalue weighted by Gasteiger charge is 2.17. The number of rotatable bonds is 1. The first-order valence-corrected chi connectivity index (χ1v) is 4.96. The fourth-order valence-corrected chi connectivity index (χ4v) is 2.20. The van der Waals surface area contributed by atoms with Crippen LogP contribution < -0.4 is 0 Å². The van der Waals surface area contributed by atoms with Gasteiger partial charge in [0.1, 0.15) is 10.8 Å². The van der Waals surface area contributed by atoms with Crippen LogP contribution in [-0.2, 0) is 0 Å². The quantitative estimate of drug-likeness (QED) is 0.566. The van der Waals surface area contributed by atoms with Gasteiger partial charge in [0.2, 0.25) is 0 Å². The first-order chi connectivity index (χ1) is 7.11. The summed E-state index contributed by atoms with van der Waals surface area (Å²) in [5.74, 6) is 0. The molecular formula is C8H2ClN3O2S. The molecule has 7 heteroatoms. The van der Waals surface area contributed by atoms with Gasteiger partial charge in [0.05, 0.1) is 10.4 Å². The van der Waals surface area contributed by atoms with Gasteiger partial charge in [-0.15, -0.1) is 0 Å². The van der Waals surface area contributed by atoms with E-state index in [4.69, 9.17) is 16.9 Å². The minimum Gasteiger partial charge on any atom is -0.258 e. The van der Waals surface area contributed by atoms with E-state index >= 15 is 0 Å². The SMILES string of the molecule is N#Cc1nc2cc(Cl)cc([N+](=O)[O-])c2s1. The highest BCUT2D eigenvalue weighted by atomic mass is 35.5. The minimum atomic E-state index is -0.534. The maximum atomic E-state index is 10.7. The second-order valence-electron chi connectivity index (χ2n) is 2.66. The van der Waals surface area contributed by atoms with Gasteiger partial charge in [0.15, 0.2) is 5.01 Å². The van der Waals surface area contributed by atoms with Crippen molar-refractivity contribution in [1.82, 2.24) is 4.98 Å². The number of nitrogens with zero attached hydrogens (tertiary/aromatic N) is 3. The van der Waals surface area contributed by atoms with Crippen molar-refractivity contribution in [1.29, 1.82) is 5.26 Å². The van der Waals surface area contributed by atoms with Crippen molar-refractivity contribution in [2.75, 3.05) is 0 Å². The topological polar surface area (TPSA) is 79.8 Å². The Balaban J connectivity index is 2.85. The van der Waals surface area contributed by atoms with Crippen LogP contribution in [0, 0.1) is 21.4 Å². The first kappa shape index (κ1) is 9.83. The molecule has 0 fully saturated rings. The predicted molar refractivity (Wildman–Crippen MR) is 56.0 cm³/mol. The Morgan fingerprint density at radius 1 is 1.60 bits per heavy atom. The summed E-state index contributed by atoms with van der Waals surface area (Å²) < 4.78 is 0.376. The predicted octanol–water partition coefficient (Wildman–Crippen LogP) is 2.73. The zero-order chi connectivity index (χ0) is 11.0. The molecule has 0 bridgehead atoms. The largest absolute Gasteiger partial charge is 0.290 e. The van der Waals surface area contributed by atoms with Gasteiger partial charge in [-0.2, -0.15) is 5.26 Å². The van der Waals surface area contributed by atoms with Gasteiger partial charge in [-0.3, -0.25) is 10.1 Å². The van der Waals surface area contributed by atoms with Gasteiger partial charge >= 0.3 is 0 Å². The number of fused-ring (bicyclic) bond motifs is 1. The van der Waals surface area contributed by atoms with E-state index in [0.717, 1.165) is 11.3 Å². The van der Waals surface area contributed by atoms with Crippen LogP contribution in [0.2, 0.25) is 5.02 Å². The fourth-order valence-electron chi connectivity index (χ4n) is 1.17. The van der Waals surface area contributed by atoms with Crippen molar-refractivity contribution in [2.24, 2.45) is 0 Å². The molecule has 0 aliphatic carbocycles. The Morgan fingerprint density at radius 2 is 2.33 bits per heavy atom. The zero-order valence-corrected chi connectivity index (χ0v) is 8.67. The maximum Gasteiger partial charge on any atom is 0.290 e. The Labute approximate surface area is 92.7 Å². The van der Waals surface area contributed by atoms with Gasteiger partial charge in [-0.25, -0.2) is 4.98 Å². The second-order valence-corrected chi connectivity index (χ2v) is 4.10. The monoisotopic (exact) mass is 239 g/mol. The third-order valence-corrected chi connectivity index (χ3v) is 2.94. The molecule has 15 heavy (non-hydrogen) atoms. The Hall–Kier alpha value is -1.71. The number of hydrogen-bond acceptors (Lipinski definition) is 5. The second kappa shape index (κ2) is 3.46. The lowest BCUT2D eigenvalue weighted by atomic mass is 10.3. The van der Waals surface area contributed by atoms with Crippen LogP contribution in [0.4, 0.5) is 5.69 Å². The van der Waals surface area contributed by atoms with Crippen LogP contribution >= 0.6 is 22.9 Å². The van der Waals surface area contributed by atoms with E-state index in [2.05, 4.69) is 4.98 Å². The molecule has 0 N–H and O–H groups in total. The number of hydrogen-bond donors (Lipinski definition) is 0. The van der Waals surface area contributed by atoms with Gasteiger partial charge in [0.25, 0.3) is 5.69 Å². The molecule has 2 aromatic rings.